The number of halogens is 1. The maximum Gasteiger partial charge on any atom is 0.255 e. The van der Waals surface area contributed by atoms with Crippen molar-refractivity contribution < 1.29 is 39.2 Å². The van der Waals surface area contributed by atoms with Gasteiger partial charge in [-0.05, 0) is 58.2 Å². The minimum atomic E-state index is -2.71. The molecule has 4 aliphatic carbocycles. The van der Waals surface area contributed by atoms with Gasteiger partial charge in [-0.15, -0.1) is 0 Å². The summed E-state index contributed by atoms with van der Waals surface area (Å²) in [5, 5.41) is 48.3. The highest BCUT2D eigenvalue weighted by Crippen LogP contribution is 2.56. The van der Waals surface area contributed by atoms with Gasteiger partial charge in [-0.25, -0.2) is 4.39 Å². The number of nitrogens with two attached hydrogens (primary N) is 1. The first kappa shape index (κ1) is 24.1. The molecule has 6 atom stereocenters. The predicted octanol–water partition coefficient (Wildman–Crippen LogP) is 0.310. The third-order valence-corrected chi connectivity index (χ3v) is 9.09. The Hall–Kier alpha value is -3.28. The van der Waals surface area contributed by atoms with E-state index < -0.39 is 63.9 Å². The molecule has 37 heavy (non-hydrogen) atoms. The maximum absolute atomic E-state index is 16.0. The Balaban J connectivity index is 1.56. The van der Waals surface area contributed by atoms with Crippen molar-refractivity contribution in [2.24, 2.45) is 23.5 Å². The van der Waals surface area contributed by atoms with Crippen LogP contribution in [0.4, 0.5) is 4.39 Å². The molecular formula is C26H28FN3O7. The summed E-state index contributed by atoms with van der Waals surface area (Å²) in [6.07, 6.45) is 1.11. The van der Waals surface area contributed by atoms with Gasteiger partial charge in [0.05, 0.1) is 11.6 Å². The fourth-order valence-electron chi connectivity index (χ4n) is 7.51. The van der Waals surface area contributed by atoms with Gasteiger partial charge in [-0.2, -0.15) is 0 Å². The highest BCUT2D eigenvalue weighted by atomic mass is 19.1. The molecule has 10 nitrogen and oxygen atoms in total. The summed E-state index contributed by atoms with van der Waals surface area (Å²) in [6.45, 7) is 0.739. The molecule has 196 valence electrons. The average Bonchev–Trinajstić information content (AvgIpc) is 3.41. The van der Waals surface area contributed by atoms with Crippen molar-refractivity contribution in [1.29, 1.82) is 0 Å². The third-order valence-electron chi connectivity index (χ3n) is 9.09. The maximum atomic E-state index is 16.0. The molecule has 1 heterocycles. The van der Waals surface area contributed by atoms with E-state index in [1.165, 1.54) is 19.0 Å². The highest BCUT2D eigenvalue weighted by molar-refractivity contribution is 6.24. The topological polar surface area (TPSA) is 173 Å². The van der Waals surface area contributed by atoms with Gasteiger partial charge in [0, 0.05) is 34.2 Å². The lowest BCUT2D eigenvalue weighted by atomic mass is 9.57. The van der Waals surface area contributed by atoms with Gasteiger partial charge in [-0.3, -0.25) is 19.3 Å². The van der Waals surface area contributed by atoms with Crippen LogP contribution in [0, 0.1) is 23.6 Å². The number of rotatable bonds is 2. The standard InChI is InChI=1S/C26H28FN3O7/c1-30(2)19-12-7-9-6-10-15(20(31)11-5-8-3-4-29-18(8)14(11)17(10)27)21(32)13(9)23(34)26(12,37)24(35)16(22(19)33)25(28)36/h8-9,12,18-19,29,31-32,35,37H,3-7H2,1-2H3,(H2,28,36)/t8?,9-,12-,18?,19-,26-/m0/s1. The van der Waals surface area contributed by atoms with Gasteiger partial charge in [0.15, 0.2) is 11.4 Å². The summed E-state index contributed by atoms with van der Waals surface area (Å²) in [7, 11) is 3.05. The number of carbonyl (C=O) groups excluding carboxylic acids is 3. The van der Waals surface area contributed by atoms with Crippen LogP contribution in [0.15, 0.2) is 16.9 Å². The minimum absolute atomic E-state index is 0.0569. The smallest absolute Gasteiger partial charge is 0.255 e. The van der Waals surface area contributed by atoms with E-state index in [0.717, 1.165) is 13.0 Å². The fraction of sp³-hybridized carbons (Fsp3) is 0.500. The molecule has 6 rings (SSSR count). The number of hydrogen-bond donors (Lipinski definition) is 6. The van der Waals surface area contributed by atoms with E-state index in [2.05, 4.69) is 5.32 Å². The zero-order chi connectivity index (χ0) is 26.7. The Morgan fingerprint density at radius 3 is 2.51 bits per heavy atom. The number of nitrogens with zero attached hydrogens (tertiary/aromatic N) is 1. The number of Topliss-reactive ketones (excluding diaryl/α,β-unsaturated/α-hetero) is 2. The predicted molar refractivity (Wildman–Crippen MR) is 127 cm³/mol. The molecule has 7 N–H and O–H groups in total. The van der Waals surface area contributed by atoms with Crippen LogP contribution < -0.4 is 11.1 Å². The number of phenols is 1. The van der Waals surface area contributed by atoms with Crippen molar-refractivity contribution in [3.8, 4) is 5.75 Å². The molecule has 2 fully saturated rings. The van der Waals surface area contributed by atoms with Crippen molar-refractivity contribution in [2.45, 2.75) is 43.4 Å². The van der Waals surface area contributed by atoms with Crippen molar-refractivity contribution in [3.05, 3.63) is 45.0 Å². The first-order valence-electron chi connectivity index (χ1n) is 12.3. The molecule has 1 aromatic carbocycles. The molecule has 1 aromatic rings. The summed E-state index contributed by atoms with van der Waals surface area (Å²) < 4.78 is 16.0. The summed E-state index contributed by atoms with van der Waals surface area (Å²) in [4.78, 5) is 40.5. The van der Waals surface area contributed by atoms with Crippen LogP contribution in [0.2, 0.25) is 0 Å². The largest absolute Gasteiger partial charge is 0.508 e. The van der Waals surface area contributed by atoms with Gasteiger partial charge in [0.1, 0.15) is 28.7 Å². The molecule has 11 heteroatoms. The first-order valence-corrected chi connectivity index (χ1v) is 12.3. The van der Waals surface area contributed by atoms with Crippen molar-refractivity contribution in [3.63, 3.8) is 0 Å². The van der Waals surface area contributed by atoms with E-state index in [0.29, 0.717) is 17.5 Å². The Morgan fingerprint density at radius 1 is 1.16 bits per heavy atom. The van der Waals surface area contributed by atoms with Crippen molar-refractivity contribution in [2.75, 3.05) is 20.6 Å². The van der Waals surface area contributed by atoms with E-state index in [1.807, 2.05) is 0 Å². The Morgan fingerprint density at radius 2 is 1.86 bits per heavy atom. The number of aliphatic hydroxyl groups is 3. The highest BCUT2D eigenvalue weighted by Gasteiger charge is 2.64. The number of phenolic OH excluding ortho intramolecular Hbond substituents is 1. The average molecular weight is 514 g/mol. The number of carbonyl (C=O) groups is 3. The van der Waals surface area contributed by atoms with E-state index >= 15 is 4.39 Å². The first-order chi connectivity index (χ1) is 17.4. The monoisotopic (exact) mass is 513 g/mol. The van der Waals surface area contributed by atoms with Crippen molar-refractivity contribution >= 4 is 23.2 Å². The lowest BCUT2D eigenvalue weighted by Crippen LogP contribution is -2.65. The van der Waals surface area contributed by atoms with Gasteiger partial charge in [0.2, 0.25) is 5.78 Å². The lowest BCUT2D eigenvalue weighted by Gasteiger charge is -2.50. The second kappa shape index (κ2) is 7.62. The van der Waals surface area contributed by atoms with E-state index in [-0.39, 0.29) is 47.3 Å². The zero-order valence-corrected chi connectivity index (χ0v) is 20.3. The second-order valence-corrected chi connectivity index (χ2v) is 11.1. The van der Waals surface area contributed by atoms with Crippen LogP contribution in [0.3, 0.4) is 0 Å². The van der Waals surface area contributed by atoms with Gasteiger partial charge in [0.25, 0.3) is 5.91 Å². The quantitative estimate of drug-likeness (QED) is 0.304. The molecular weight excluding hydrogens is 485 g/mol. The van der Waals surface area contributed by atoms with E-state index in [4.69, 9.17) is 5.73 Å². The molecule has 0 aromatic heterocycles. The number of aliphatic hydroxyl groups excluding tert-OH is 2. The number of benzene rings is 1. The summed E-state index contributed by atoms with van der Waals surface area (Å²) >= 11 is 0. The lowest BCUT2D eigenvalue weighted by molar-refractivity contribution is -0.153. The number of aromatic hydroxyl groups is 1. The number of ketones is 2. The van der Waals surface area contributed by atoms with Crippen LogP contribution in [0.5, 0.6) is 5.75 Å². The van der Waals surface area contributed by atoms with E-state index in [1.54, 1.807) is 0 Å². The number of fused-ring (bicyclic) bond motifs is 6. The molecule has 5 aliphatic rings. The third kappa shape index (κ3) is 2.82. The van der Waals surface area contributed by atoms with Crippen LogP contribution >= 0.6 is 0 Å². The number of amides is 1. The molecule has 1 aliphatic heterocycles. The second-order valence-electron chi connectivity index (χ2n) is 11.1. The van der Waals surface area contributed by atoms with E-state index in [9.17, 15) is 34.8 Å². The SMILES string of the molecule is CN(C)[C@@H]1C(=O)C(C(N)=O)=C(O)[C@@]2(O)C(=O)C3=C(O)c4c(O)c5c(c(F)c4C[C@H]3C[C@@H]12)C1NCCC1C5. The van der Waals surface area contributed by atoms with Gasteiger partial charge in [-0.1, -0.05) is 0 Å². The summed E-state index contributed by atoms with van der Waals surface area (Å²) in [6, 6.07) is -1.42. The Kier molecular flexibility index (Phi) is 4.96. The normalized spacial score (nSPS) is 34.4. The zero-order valence-electron chi connectivity index (χ0n) is 20.3. The molecule has 0 bridgehead atoms. The summed E-state index contributed by atoms with van der Waals surface area (Å²) in [5.41, 5.74) is 2.13. The number of hydrogen-bond acceptors (Lipinski definition) is 9. The molecule has 2 unspecified atom stereocenters. The summed E-state index contributed by atoms with van der Waals surface area (Å²) in [5.74, 6) is -7.76. The van der Waals surface area contributed by atoms with Crippen LogP contribution in [0.25, 0.3) is 5.76 Å². The fourth-order valence-corrected chi connectivity index (χ4v) is 7.51. The van der Waals surface area contributed by atoms with Crippen molar-refractivity contribution in [1.82, 2.24) is 10.2 Å². The molecule has 1 saturated heterocycles. The Labute approximate surface area is 211 Å². The number of likely N-dealkylation sites (N-methyl/N-ethyl adjacent to an activating group) is 1. The van der Waals surface area contributed by atoms with Crippen LogP contribution in [-0.2, 0) is 27.2 Å². The molecule has 1 amide bonds. The van der Waals surface area contributed by atoms with Crippen LogP contribution in [0.1, 0.15) is 41.1 Å². The molecule has 1 saturated carbocycles. The molecule has 0 radical (unpaired) electrons. The van der Waals surface area contributed by atoms with Crippen LogP contribution in [-0.4, -0.2) is 75.1 Å². The number of nitrogens with one attached hydrogen (secondary N) is 1. The molecule has 0 spiro atoms. The van der Waals surface area contributed by atoms with Gasteiger partial charge >= 0.3 is 0 Å². The number of primary amides is 1. The van der Waals surface area contributed by atoms with Gasteiger partial charge < -0.3 is 31.5 Å². The minimum Gasteiger partial charge on any atom is -0.508 e. The Bertz CT molecular complexity index is 1380.